The molecular formula is C14H19N3. The lowest BCUT2D eigenvalue weighted by molar-refractivity contribution is 0.458. The van der Waals surface area contributed by atoms with Crippen LogP contribution in [0.5, 0.6) is 0 Å². The van der Waals surface area contributed by atoms with Gasteiger partial charge in [0.15, 0.2) is 0 Å². The van der Waals surface area contributed by atoms with E-state index >= 15 is 0 Å². The number of nitrogens with zero attached hydrogens (tertiary/aromatic N) is 2. The highest BCUT2D eigenvalue weighted by Gasteiger charge is 2.17. The number of hydrogen-bond donors (Lipinski definition) is 1. The molecule has 17 heavy (non-hydrogen) atoms. The molecule has 3 rings (SSSR count). The van der Waals surface area contributed by atoms with Crippen LogP contribution in [0.3, 0.4) is 0 Å². The Morgan fingerprint density at radius 3 is 2.88 bits per heavy atom. The smallest absolute Gasteiger partial charge is 0.106 e. The largest absolute Gasteiger partial charge is 0.399 e. The van der Waals surface area contributed by atoms with Gasteiger partial charge in [-0.05, 0) is 43.9 Å². The van der Waals surface area contributed by atoms with Crippen molar-refractivity contribution in [2.45, 2.75) is 39.2 Å². The van der Waals surface area contributed by atoms with Crippen LogP contribution in [0, 0.1) is 12.8 Å². The maximum absolute atomic E-state index is 5.80. The second-order valence-electron chi connectivity index (χ2n) is 5.17. The highest BCUT2D eigenvalue weighted by molar-refractivity contribution is 5.79. The first kappa shape index (κ1) is 10.6. The van der Waals surface area contributed by atoms with Gasteiger partial charge in [-0.1, -0.05) is 12.8 Å². The number of aromatic nitrogens is 2. The average molecular weight is 229 g/mol. The van der Waals surface area contributed by atoms with Crippen molar-refractivity contribution in [3.8, 4) is 0 Å². The zero-order valence-corrected chi connectivity index (χ0v) is 10.3. The predicted octanol–water partition coefficient (Wildman–Crippen LogP) is 3.12. The SMILES string of the molecule is Cc1nc2cc(N)ccc2n1CC1CCCC1. The number of hydrogen-bond acceptors (Lipinski definition) is 2. The van der Waals surface area contributed by atoms with Crippen molar-refractivity contribution in [3.05, 3.63) is 24.0 Å². The maximum Gasteiger partial charge on any atom is 0.106 e. The van der Waals surface area contributed by atoms with Crippen LogP contribution >= 0.6 is 0 Å². The Kier molecular flexibility index (Phi) is 2.54. The fourth-order valence-corrected chi connectivity index (χ4v) is 2.95. The van der Waals surface area contributed by atoms with Crippen LogP contribution < -0.4 is 5.73 Å². The number of nitrogen functional groups attached to an aromatic ring is 1. The summed E-state index contributed by atoms with van der Waals surface area (Å²) in [6.07, 6.45) is 5.52. The molecule has 3 heteroatoms. The van der Waals surface area contributed by atoms with E-state index in [-0.39, 0.29) is 0 Å². The molecule has 1 aromatic carbocycles. The molecule has 90 valence electrons. The van der Waals surface area contributed by atoms with Crippen LogP contribution in [0.4, 0.5) is 5.69 Å². The van der Waals surface area contributed by atoms with E-state index in [4.69, 9.17) is 5.73 Å². The molecule has 0 bridgehead atoms. The van der Waals surface area contributed by atoms with Crippen LogP contribution in [-0.4, -0.2) is 9.55 Å². The van der Waals surface area contributed by atoms with Crippen molar-refractivity contribution in [3.63, 3.8) is 0 Å². The van der Waals surface area contributed by atoms with Gasteiger partial charge in [0.25, 0.3) is 0 Å². The number of benzene rings is 1. The van der Waals surface area contributed by atoms with E-state index in [2.05, 4.69) is 22.5 Å². The van der Waals surface area contributed by atoms with Gasteiger partial charge in [0.1, 0.15) is 5.82 Å². The Bertz CT molecular complexity index is 536. The number of fused-ring (bicyclic) bond motifs is 1. The monoisotopic (exact) mass is 229 g/mol. The Morgan fingerprint density at radius 2 is 2.12 bits per heavy atom. The van der Waals surface area contributed by atoms with Gasteiger partial charge in [0.2, 0.25) is 0 Å². The molecule has 0 unspecified atom stereocenters. The summed E-state index contributed by atoms with van der Waals surface area (Å²) in [7, 11) is 0. The van der Waals surface area contributed by atoms with Gasteiger partial charge in [-0.15, -0.1) is 0 Å². The first-order valence-electron chi connectivity index (χ1n) is 6.46. The van der Waals surface area contributed by atoms with E-state index in [1.807, 2.05) is 12.1 Å². The van der Waals surface area contributed by atoms with Gasteiger partial charge >= 0.3 is 0 Å². The van der Waals surface area contributed by atoms with Crippen LogP contribution in [-0.2, 0) is 6.54 Å². The predicted molar refractivity (Wildman–Crippen MR) is 70.8 cm³/mol. The summed E-state index contributed by atoms with van der Waals surface area (Å²) in [5.74, 6) is 1.95. The third kappa shape index (κ3) is 1.90. The van der Waals surface area contributed by atoms with E-state index in [9.17, 15) is 0 Å². The van der Waals surface area contributed by atoms with Gasteiger partial charge < -0.3 is 10.3 Å². The molecule has 3 nitrogen and oxygen atoms in total. The van der Waals surface area contributed by atoms with Gasteiger partial charge in [0.05, 0.1) is 11.0 Å². The van der Waals surface area contributed by atoms with E-state index in [0.29, 0.717) is 0 Å². The number of nitrogens with two attached hydrogens (primary N) is 1. The molecule has 2 aromatic rings. The fourth-order valence-electron chi connectivity index (χ4n) is 2.95. The molecule has 0 aliphatic heterocycles. The molecule has 1 aliphatic carbocycles. The third-order valence-corrected chi connectivity index (χ3v) is 3.88. The van der Waals surface area contributed by atoms with Crippen molar-refractivity contribution in [2.24, 2.45) is 5.92 Å². The highest BCUT2D eigenvalue weighted by Crippen LogP contribution is 2.28. The third-order valence-electron chi connectivity index (χ3n) is 3.88. The lowest BCUT2D eigenvalue weighted by Gasteiger charge is -2.12. The summed E-state index contributed by atoms with van der Waals surface area (Å²) in [6.45, 7) is 3.21. The Labute approximate surface area is 102 Å². The van der Waals surface area contributed by atoms with Crippen molar-refractivity contribution in [2.75, 3.05) is 5.73 Å². The number of aryl methyl sites for hydroxylation is 1. The molecule has 1 saturated carbocycles. The molecule has 1 fully saturated rings. The number of anilines is 1. The van der Waals surface area contributed by atoms with Crippen molar-refractivity contribution >= 4 is 16.7 Å². The second-order valence-corrected chi connectivity index (χ2v) is 5.17. The standard InChI is InChI=1S/C14H19N3/c1-10-16-13-8-12(15)6-7-14(13)17(10)9-11-4-2-3-5-11/h6-8,11H,2-5,9,15H2,1H3. The molecule has 1 aromatic heterocycles. The molecule has 1 heterocycles. The van der Waals surface area contributed by atoms with Gasteiger partial charge in [-0.25, -0.2) is 4.98 Å². The fraction of sp³-hybridized carbons (Fsp3) is 0.500. The van der Waals surface area contributed by atoms with Crippen LogP contribution in [0.15, 0.2) is 18.2 Å². The zero-order chi connectivity index (χ0) is 11.8. The number of rotatable bonds is 2. The summed E-state index contributed by atoms with van der Waals surface area (Å²) in [4.78, 5) is 4.60. The second kappa shape index (κ2) is 4.06. The Morgan fingerprint density at radius 1 is 1.35 bits per heavy atom. The zero-order valence-electron chi connectivity index (χ0n) is 10.3. The van der Waals surface area contributed by atoms with Gasteiger partial charge in [-0.3, -0.25) is 0 Å². The van der Waals surface area contributed by atoms with E-state index in [1.54, 1.807) is 0 Å². The lowest BCUT2D eigenvalue weighted by atomic mass is 10.1. The minimum atomic E-state index is 0.794. The topological polar surface area (TPSA) is 43.8 Å². The maximum atomic E-state index is 5.80. The first-order valence-corrected chi connectivity index (χ1v) is 6.46. The Balaban J connectivity index is 1.99. The van der Waals surface area contributed by atoms with Gasteiger partial charge in [0, 0.05) is 12.2 Å². The lowest BCUT2D eigenvalue weighted by Crippen LogP contribution is -2.08. The minimum absolute atomic E-state index is 0.794. The van der Waals surface area contributed by atoms with E-state index in [1.165, 1.54) is 31.2 Å². The highest BCUT2D eigenvalue weighted by atomic mass is 15.1. The van der Waals surface area contributed by atoms with Crippen molar-refractivity contribution < 1.29 is 0 Å². The summed E-state index contributed by atoms with van der Waals surface area (Å²) in [5, 5.41) is 0. The van der Waals surface area contributed by atoms with Crippen LogP contribution in [0.1, 0.15) is 31.5 Å². The van der Waals surface area contributed by atoms with E-state index < -0.39 is 0 Å². The summed E-state index contributed by atoms with van der Waals surface area (Å²) in [6, 6.07) is 6.03. The van der Waals surface area contributed by atoms with Crippen LogP contribution in [0.2, 0.25) is 0 Å². The Hall–Kier alpha value is -1.51. The summed E-state index contributed by atoms with van der Waals surface area (Å²) in [5.41, 5.74) is 8.85. The molecule has 0 saturated heterocycles. The van der Waals surface area contributed by atoms with Crippen molar-refractivity contribution in [1.29, 1.82) is 0 Å². The molecular weight excluding hydrogens is 210 g/mol. The van der Waals surface area contributed by atoms with E-state index in [0.717, 1.165) is 29.5 Å². The summed E-state index contributed by atoms with van der Waals surface area (Å²) < 4.78 is 2.35. The molecule has 0 amide bonds. The minimum Gasteiger partial charge on any atom is -0.399 e. The molecule has 1 aliphatic rings. The molecule has 2 N–H and O–H groups in total. The molecule has 0 atom stereocenters. The average Bonchev–Trinajstić information content (AvgIpc) is 2.88. The molecule has 0 radical (unpaired) electrons. The first-order chi connectivity index (χ1) is 8.24. The van der Waals surface area contributed by atoms with Crippen LogP contribution in [0.25, 0.3) is 11.0 Å². The quantitative estimate of drug-likeness (QED) is 0.804. The van der Waals surface area contributed by atoms with Crippen molar-refractivity contribution in [1.82, 2.24) is 9.55 Å². The normalized spacial score (nSPS) is 17.0. The van der Waals surface area contributed by atoms with Gasteiger partial charge in [-0.2, -0.15) is 0 Å². The molecule has 0 spiro atoms. The summed E-state index contributed by atoms with van der Waals surface area (Å²) >= 11 is 0. The number of imidazole rings is 1.